The first-order chi connectivity index (χ1) is 11.1. The Kier molecular flexibility index (Phi) is 3.68. The first-order valence-electron chi connectivity index (χ1n) is 6.61. The van der Waals surface area contributed by atoms with Crippen molar-refractivity contribution in [2.24, 2.45) is 0 Å². The van der Waals surface area contributed by atoms with Crippen LogP contribution in [0.5, 0.6) is 0 Å². The van der Waals surface area contributed by atoms with Crippen LogP contribution in [0.2, 0.25) is 5.02 Å². The molecule has 0 bridgehead atoms. The second kappa shape index (κ2) is 5.67. The van der Waals surface area contributed by atoms with Gasteiger partial charge in [0.15, 0.2) is 18.2 Å². The van der Waals surface area contributed by atoms with Crippen LogP contribution in [0.4, 0.5) is 0 Å². The summed E-state index contributed by atoms with van der Waals surface area (Å²) in [4.78, 5) is 37.0. The third kappa shape index (κ3) is 2.30. The average molecular weight is 326 g/mol. The standard InChI is InChI=1S/C17H8ClNO4/c18-14-12(17(22)23-8-7-19)6-5-11-13(14)16(21)10-4-2-1-3-9(10)15(11)20/h1-6H,8H2. The van der Waals surface area contributed by atoms with Crippen LogP contribution in [-0.4, -0.2) is 24.1 Å². The second-order valence-corrected chi connectivity index (χ2v) is 5.17. The number of esters is 1. The number of ketones is 2. The third-order valence-corrected chi connectivity index (χ3v) is 3.91. The summed E-state index contributed by atoms with van der Waals surface area (Å²) < 4.78 is 4.70. The predicted octanol–water partition coefficient (Wildman–Crippen LogP) is 2.80. The minimum Gasteiger partial charge on any atom is -0.447 e. The van der Waals surface area contributed by atoms with Crippen molar-refractivity contribution in [2.45, 2.75) is 0 Å². The van der Waals surface area contributed by atoms with Crippen LogP contribution in [-0.2, 0) is 4.74 Å². The van der Waals surface area contributed by atoms with Crippen molar-refractivity contribution in [3.63, 3.8) is 0 Å². The first kappa shape index (κ1) is 14.9. The van der Waals surface area contributed by atoms with Crippen molar-refractivity contribution < 1.29 is 19.1 Å². The molecule has 0 saturated carbocycles. The molecule has 112 valence electrons. The van der Waals surface area contributed by atoms with E-state index in [1.807, 2.05) is 0 Å². The zero-order valence-corrected chi connectivity index (χ0v) is 12.4. The number of rotatable bonds is 2. The van der Waals surface area contributed by atoms with E-state index in [4.69, 9.17) is 21.6 Å². The molecule has 1 aliphatic carbocycles. The lowest BCUT2D eigenvalue weighted by molar-refractivity contribution is 0.0555. The van der Waals surface area contributed by atoms with E-state index in [-0.39, 0.29) is 33.1 Å². The molecular weight excluding hydrogens is 318 g/mol. The Morgan fingerprint density at radius 1 is 1.04 bits per heavy atom. The van der Waals surface area contributed by atoms with Gasteiger partial charge in [-0.15, -0.1) is 0 Å². The summed E-state index contributed by atoms with van der Waals surface area (Å²) in [6.45, 7) is -0.429. The molecule has 0 heterocycles. The van der Waals surface area contributed by atoms with Crippen LogP contribution in [0, 0.1) is 11.3 Å². The predicted molar refractivity (Wildman–Crippen MR) is 80.7 cm³/mol. The summed E-state index contributed by atoms with van der Waals surface area (Å²) in [5.74, 6) is -1.57. The Balaban J connectivity index is 2.15. The number of carbonyl (C=O) groups is 3. The lowest BCUT2D eigenvalue weighted by Crippen LogP contribution is -2.22. The Labute approximate surface area is 136 Å². The number of fused-ring (bicyclic) bond motifs is 2. The van der Waals surface area contributed by atoms with Crippen LogP contribution in [0.1, 0.15) is 42.2 Å². The topological polar surface area (TPSA) is 84.2 Å². The highest BCUT2D eigenvalue weighted by atomic mass is 35.5. The molecule has 0 atom stereocenters. The van der Waals surface area contributed by atoms with Gasteiger partial charge in [-0.1, -0.05) is 35.9 Å². The van der Waals surface area contributed by atoms with E-state index in [1.165, 1.54) is 18.2 Å². The smallest absolute Gasteiger partial charge is 0.340 e. The molecule has 3 rings (SSSR count). The second-order valence-electron chi connectivity index (χ2n) is 4.79. The molecule has 23 heavy (non-hydrogen) atoms. The van der Waals surface area contributed by atoms with Gasteiger partial charge in [0.1, 0.15) is 6.07 Å². The molecule has 2 aromatic rings. The van der Waals surface area contributed by atoms with E-state index < -0.39 is 18.4 Å². The fraction of sp³-hybridized carbons (Fsp3) is 0.0588. The summed E-state index contributed by atoms with van der Waals surface area (Å²) in [5, 5.41) is 8.31. The molecule has 5 nitrogen and oxygen atoms in total. The number of halogens is 1. The zero-order valence-electron chi connectivity index (χ0n) is 11.6. The molecular formula is C17H8ClNO4. The van der Waals surface area contributed by atoms with E-state index in [2.05, 4.69) is 0 Å². The zero-order chi connectivity index (χ0) is 16.6. The van der Waals surface area contributed by atoms with Gasteiger partial charge in [0.05, 0.1) is 16.1 Å². The van der Waals surface area contributed by atoms with Gasteiger partial charge in [-0.25, -0.2) is 4.79 Å². The van der Waals surface area contributed by atoms with Gasteiger partial charge in [0, 0.05) is 16.7 Å². The van der Waals surface area contributed by atoms with Gasteiger partial charge in [-0.05, 0) is 12.1 Å². The highest BCUT2D eigenvalue weighted by molar-refractivity contribution is 6.41. The lowest BCUT2D eigenvalue weighted by Gasteiger charge is -2.19. The SMILES string of the molecule is N#CCOC(=O)c1ccc2c(c1Cl)C(=O)c1ccccc1C2=O. The molecule has 0 spiro atoms. The Hall–Kier alpha value is -2.97. The number of ether oxygens (including phenoxy) is 1. The van der Waals surface area contributed by atoms with Crippen molar-refractivity contribution in [3.8, 4) is 6.07 Å². The van der Waals surface area contributed by atoms with Gasteiger partial charge in [0.25, 0.3) is 0 Å². The maximum Gasteiger partial charge on any atom is 0.340 e. The molecule has 2 aromatic carbocycles. The van der Waals surface area contributed by atoms with Crippen LogP contribution in [0.3, 0.4) is 0 Å². The van der Waals surface area contributed by atoms with Crippen molar-refractivity contribution >= 4 is 29.1 Å². The van der Waals surface area contributed by atoms with Crippen LogP contribution in [0.15, 0.2) is 36.4 Å². The molecule has 0 aromatic heterocycles. The van der Waals surface area contributed by atoms with Crippen molar-refractivity contribution in [1.82, 2.24) is 0 Å². The largest absolute Gasteiger partial charge is 0.447 e. The summed E-state index contributed by atoms with van der Waals surface area (Å²) in [7, 11) is 0. The van der Waals surface area contributed by atoms with Crippen LogP contribution < -0.4 is 0 Å². The van der Waals surface area contributed by atoms with Gasteiger partial charge >= 0.3 is 5.97 Å². The highest BCUT2D eigenvalue weighted by Crippen LogP contribution is 2.34. The summed E-state index contributed by atoms with van der Waals surface area (Å²) in [6.07, 6.45) is 0. The van der Waals surface area contributed by atoms with Crippen LogP contribution in [0.25, 0.3) is 0 Å². The number of benzene rings is 2. The monoisotopic (exact) mass is 325 g/mol. The van der Waals surface area contributed by atoms with Gasteiger partial charge in [-0.3, -0.25) is 9.59 Å². The summed E-state index contributed by atoms with van der Waals surface area (Å²) >= 11 is 6.17. The van der Waals surface area contributed by atoms with Crippen molar-refractivity contribution in [1.29, 1.82) is 5.26 Å². The Bertz CT molecular complexity index is 911. The number of hydrogen-bond acceptors (Lipinski definition) is 5. The Morgan fingerprint density at radius 2 is 1.70 bits per heavy atom. The minimum absolute atomic E-state index is 0.0122. The van der Waals surface area contributed by atoms with E-state index in [9.17, 15) is 14.4 Å². The van der Waals surface area contributed by atoms with E-state index >= 15 is 0 Å². The third-order valence-electron chi connectivity index (χ3n) is 3.52. The van der Waals surface area contributed by atoms with Gasteiger partial charge < -0.3 is 4.74 Å². The quantitative estimate of drug-likeness (QED) is 0.676. The van der Waals surface area contributed by atoms with Gasteiger partial charge in [-0.2, -0.15) is 5.26 Å². The lowest BCUT2D eigenvalue weighted by atomic mass is 9.83. The van der Waals surface area contributed by atoms with Crippen molar-refractivity contribution in [3.05, 3.63) is 69.2 Å². The fourth-order valence-electron chi connectivity index (χ4n) is 2.48. The van der Waals surface area contributed by atoms with Crippen molar-refractivity contribution in [2.75, 3.05) is 6.61 Å². The Morgan fingerprint density at radius 3 is 2.35 bits per heavy atom. The molecule has 6 heteroatoms. The summed E-state index contributed by atoms with van der Waals surface area (Å²) in [5.41, 5.74) is 0.633. The molecule has 0 radical (unpaired) electrons. The molecule has 1 aliphatic rings. The van der Waals surface area contributed by atoms with E-state index in [1.54, 1.807) is 24.3 Å². The number of carbonyl (C=O) groups excluding carboxylic acids is 3. The number of nitrogens with zero attached hydrogens (tertiary/aromatic N) is 1. The van der Waals surface area contributed by atoms with E-state index in [0.717, 1.165) is 0 Å². The molecule has 0 aliphatic heterocycles. The first-order valence-corrected chi connectivity index (χ1v) is 6.99. The average Bonchev–Trinajstić information content (AvgIpc) is 2.57. The van der Waals surface area contributed by atoms with Crippen LogP contribution >= 0.6 is 11.6 Å². The minimum atomic E-state index is -0.821. The maximum absolute atomic E-state index is 12.6. The molecule has 0 amide bonds. The normalized spacial score (nSPS) is 12.2. The molecule has 0 saturated heterocycles. The fourth-order valence-corrected chi connectivity index (χ4v) is 2.81. The summed E-state index contributed by atoms with van der Waals surface area (Å²) in [6, 6.07) is 10.8. The molecule has 0 unspecified atom stereocenters. The highest BCUT2D eigenvalue weighted by Gasteiger charge is 2.33. The number of hydrogen-bond donors (Lipinski definition) is 0. The number of nitriles is 1. The molecule has 0 N–H and O–H groups in total. The van der Waals surface area contributed by atoms with E-state index in [0.29, 0.717) is 5.56 Å². The maximum atomic E-state index is 12.6. The molecule has 0 fully saturated rings. The van der Waals surface area contributed by atoms with Gasteiger partial charge in [0.2, 0.25) is 0 Å².